The predicted molar refractivity (Wildman–Crippen MR) is 39.6 cm³/mol. The van der Waals surface area contributed by atoms with Crippen LogP contribution in [0.5, 0.6) is 0 Å². The van der Waals surface area contributed by atoms with Crippen LogP contribution in [0.1, 0.15) is 12.2 Å². The number of nitrogens with zero attached hydrogens (tertiary/aromatic N) is 3. The maximum absolute atomic E-state index is 11.2. The molecule has 0 unspecified atom stereocenters. The molecule has 0 bridgehead atoms. The van der Waals surface area contributed by atoms with E-state index in [2.05, 4.69) is 10.2 Å². The minimum atomic E-state index is -0.214. The fourth-order valence-electron chi connectivity index (χ4n) is 1.24. The van der Waals surface area contributed by atoms with E-state index in [1.807, 2.05) is 0 Å². The van der Waals surface area contributed by atoms with Crippen molar-refractivity contribution in [2.24, 2.45) is 0 Å². The van der Waals surface area contributed by atoms with Gasteiger partial charge in [-0.1, -0.05) is 11.6 Å². The van der Waals surface area contributed by atoms with Crippen LogP contribution in [-0.2, 0) is 13.0 Å². The molecular formula is C6H6ClN3O. The minimum Gasteiger partial charge on any atom is -0.292 e. The maximum atomic E-state index is 11.2. The van der Waals surface area contributed by atoms with Crippen molar-refractivity contribution in [3.8, 4) is 0 Å². The summed E-state index contributed by atoms with van der Waals surface area (Å²) in [6.45, 7) is 0.726. The molecule has 0 spiro atoms. The van der Waals surface area contributed by atoms with Gasteiger partial charge in [-0.2, -0.15) is 0 Å². The van der Waals surface area contributed by atoms with Gasteiger partial charge in [0, 0.05) is 13.0 Å². The third-order valence-electron chi connectivity index (χ3n) is 1.77. The lowest BCUT2D eigenvalue weighted by Gasteiger charge is -1.98. The normalized spacial score (nSPS) is 15.0. The smallest absolute Gasteiger partial charge is 0.291 e. The Hall–Kier alpha value is -0.900. The minimum absolute atomic E-state index is 0.0318. The van der Waals surface area contributed by atoms with Crippen molar-refractivity contribution >= 4 is 11.6 Å². The highest BCUT2D eigenvalue weighted by Gasteiger charge is 2.15. The summed E-state index contributed by atoms with van der Waals surface area (Å²) in [5.74, 6) is 0.749. The van der Waals surface area contributed by atoms with Gasteiger partial charge in [0.1, 0.15) is 5.82 Å². The van der Waals surface area contributed by atoms with Crippen molar-refractivity contribution in [3.05, 3.63) is 21.3 Å². The second-order valence-corrected chi connectivity index (χ2v) is 2.83. The van der Waals surface area contributed by atoms with Gasteiger partial charge in [0.15, 0.2) is 0 Å². The van der Waals surface area contributed by atoms with E-state index in [9.17, 15) is 4.79 Å². The highest BCUT2D eigenvalue weighted by atomic mass is 35.5. The van der Waals surface area contributed by atoms with Crippen LogP contribution in [0.2, 0.25) is 5.15 Å². The van der Waals surface area contributed by atoms with Gasteiger partial charge in [0.25, 0.3) is 5.56 Å². The molecule has 1 aliphatic heterocycles. The summed E-state index contributed by atoms with van der Waals surface area (Å²) in [5, 5.41) is 7.30. The second kappa shape index (κ2) is 2.30. The molecule has 0 aliphatic carbocycles. The first-order valence-electron chi connectivity index (χ1n) is 3.41. The molecule has 0 aromatic carbocycles. The molecular weight excluding hydrogens is 166 g/mol. The van der Waals surface area contributed by atoms with E-state index in [1.54, 1.807) is 4.57 Å². The molecule has 0 saturated heterocycles. The van der Waals surface area contributed by atoms with Gasteiger partial charge in [0.2, 0.25) is 5.15 Å². The molecule has 0 saturated carbocycles. The van der Waals surface area contributed by atoms with Crippen molar-refractivity contribution in [3.63, 3.8) is 0 Å². The van der Waals surface area contributed by atoms with Gasteiger partial charge in [-0.25, -0.2) is 0 Å². The zero-order valence-electron chi connectivity index (χ0n) is 5.75. The highest BCUT2D eigenvalue weighted by molar-refractivity contribution is 6.29. The number of hydrogen-bond acceptors (Lipinski definition) is 3. The zero-order valence-corrected chi connectivity index (χ0v) is 6.51. The molecule has 2 heterocycles. The average Bonchev–Trinajstić information content (AvgIpc) is 2.45. The van der Waals surface area contributed by atoms with E-state index >= 15 is 0 Å². The molecule has 0 radical (unpaired) electrons. The summed E-state index contributed by atoms with van der Waals surface area (Å²) >= 11 is 5.49. The van der Waals surface area contributed by atoms with Crippen molar-refractivity contribution < 1.29 is 0 Å². The topological polar surface area (TPSA) is 47.8 Å². The van der Waals surface area contributed by atoms with Crippen molar-refractivity contribution in [1.29, 1.82) is 0 Å². The highest BCUT2D eigenvalue weighted by Crippen LogP contribution is 2.08. The summed E-state index contributed by atoms with van der Waals surface area (Å²) in [6, 6.07) is 0. The first kappa shape index (κ1) is 6.79. The largest absolute Gasteiger partial charge is 0.292 e. The van der Waals surface area contributed by atoms with E-state index in [1.165, 1.54) is 0 Å². The van der Waals surface area contributed by atoms with Gasteiger partial charge in [0.05, 0.1) is 0 Å². The fourth-order valence-corrected chi connectivity index (χ4v) is 1.38. The number of aromatic nitrogens is 3. The molecule has 11 heavy (non-hydrogen) atoms. The molecule has 4 nitrogen and oxygen atoms in total. The van der Waals surface area contributed by atoms with Gasteiger partial charge in [-0.3, -0.25) is 9.36 Å². The Balaban J connectivity index is 2.72. The summed E-state index contributed by atoms with van der Waals surface area (Å²) < 4.78 is 1.58. The van der Waals surface area contributed by atoms with Crippen molar-refractivity contribution in [2.45, 2.75) is 19.4 Å². The summed E-state index contributed by atoms with van der Waals surface area (Å²) in [5.41, 5.74) is -0.214. The van der Waals surface area contributed by atoms with Crippen LogP contribution in [0.15, 0.2) is 4.79 Å². The molecule has 58 valence electrons. The van der Waals surface area contributed by atoms with Gasteiger partial charge in [-0.05, 0) is 6.42 Å². The van der Waals surface area contributed by atoms with Crippen LogP contribution in [0.25, 0.3) is 0 Å². The first-order chi connectivity index (χ1) is 5.29. The van der Waals surface area contributed by atoms with E-state index < -0.39 is 0 Å². The molecule has 1 aromatic rings. The number of aryl methyl sites for hydroxylation is 1. The molecule has 1 aliphatic rings. The van der Waals surface area contributed by atoms with E-state index in [0.29, 0.717) is 0 Å². The number of halogens is 1. The Bertz CT molecular complexity index is 346. The lowest BCUT2D eigenvalue weighted by molar-refractivity contribution is 0.692. The van der Waals surface area contributed by atoms with Crippen molar-refractivity contribution in [1.82, 2.24) is 14.8 Å². The third kappa shape index (κ3) is 0.939. The molecule has 5 heteroatoms. The Kier molecular flexibility index (Phi) is 1.42. The Morgan fingerprint density at radius 2 is 2.27 bits per heavy atom. The quantitative estimate of drug-likeness (QED) is 0.562. The van der Waals surface area contributed by atoms with Crippen LogP contribution < -0.4 is 5.56 Å². The Morgan fingerprint density at radius 1 is 1.45 bits per heavy atom. The fraction of sp³-hybridized carbons (Fsp3) is 0.500. The standard InChI is InChI=1S/C6H6ClN3O/c7-5-6(11)10-3-1-2-4(10)8-9-5/h1-3H2. The Morgan fingerprint density at radius 3 is 3.09 bits per heavy atom. The molecule has 1 aromatic heterocycles. The van der Waals surface area contributed by atoms with Gasteiger partial charge >= 0.3 is 0 Å². The summed E-state index contributed by atoms with van der Waals surface area (Å²) in [4.78, 5) is 11.2. The van der Waals surface area contributed by atoms with Crippen LogP contribution in [0.4, 0.5) is 0 Å². The number of hydrogen-bond donors (Lipinski definition) is 0. The first-order valence-corrected chi connectivity index (χ1v) is 3.79. The van der Waals surface area contributed by atoms with E-state index in [4.69, 9.17) is 11.6 Å². The SMILES string of the molecule is O=c1c(Cl)nnc2n1CCC2. The monoisotopic (exact) mass is 171 g/mol. The maximum Gasteiger partial charge on any atom is 0.291 e. The molecule has 0 N–H and O–H groups in total. The molecule has 0 atom stereocenters. The van der Waals surface area contributed by atoms with Crippen LogP contribution in [-0.4, -0.2) is 14.8 Å². The van der Waals surface area contributed by atoms with Crippen LogP contribution in [0, 0.1) is 0 Å². The summed E-state index contributed by atoms with van der Waals surface area (Å²) in [6.07, 6.45) is 1.80. The molecule has 0 fully saturated rings. The summed E-state index contributed by atoms with van der Waals surface area (Å²) in [7, 11) is 0. The predicted octanol–water partition coefficient (Wildman–Crippen LogP) is 0.238. The zero-order chi connectivity index (χ0) is 7.84. The lowest BCUT2D eigenvalue weighted by atomic mass is 10.4. The van der Waals surface area contributed by atoms with E-state index in [-0.39, 0.29) is 10.7 Å². The van der Waals surface area contributed by atoms with Crippen LogP contribution in [0.3, 0.4) is 0 Å². The third-order valence-corrected chi connectivity index (χ3v) is 2.01. The van der Waals surface area contributed by atoms with E-state index in [0.717, 1.165) is 25.2 Å². The van der Waals surface area contributed by atoms with Crippen molar-refractivity contribution in [2.75, 3.05) is 0 Å². The lowest BCUT2D eigenvalue weighted by Crippen LogP contribution is -2.22. The average molecular weight is 172 g/mol. The molecule has 0 amide bonds. The number of rotatable bonds is 0. The van der Waals surface area contributed by atoms with Gasteiger partial charge in [-0.15, -0.1) is 10.2 Å². The van der Waals surface area contributed by atoms with Crippen LogP contribution >= 0.6 is 11.6 Å². The number of fused-ring (bicyclic) bond motifs is 1. The van der Waals surface area contributed by atoms with Gasteiger partial charge < -0.3 is 0 Å². The second-order valence-electron chi connectivity index (χ2n) is 2.47. The molecule has 2 rings (SSSR count). The Labute approximate surface area is 67.8 Å².